The largest absolute Gasteiger partial charge is 0.497 e. The highest BCUT2D eigenvalue weighted by Gasteiger charge is 2.38. The summed E-state index contributed by atoms with van der Waals surface area (Å²) in [5.41, 5.74) is 1.45. The molecular formula is C23H24N2O6S. The normalized spacial score (nSPS) is 15.3. The molecule has 0 saturated carbocycles. The number of ether oxygens (including phenoxy) is 4. The molecule has 3 aromatic rings. The summed E-state index contributed by atoms with van der Waals surface area (Å²) in [4.78, 5) is 28.4. The minimum absolute atomic E-state index is 0.127. The number of thiazole rings is 1. The standard InChI is InChI=1S/C23H24N2O6S/c1-24-22-21(32-23(24)27)16(13-9-17(29-3)20(31-5)18(10-13)30-4)12-19(26)25(22)14-7-6-8-15(11-14)28-2/h6-11,16H,12H2,1-5H3. The number of benzene rings is 2. The Morgan fingerprint density at radius 2 is 1.62 bits per heavy atom. The minimum atomic E-state index is -0.327. The van der Waals surface area contributed by atoms with E-state index in [1.165, 1.54) is 11.7 Å². The number of fused-ring (bicyclic) bond motifs is 1. The Labute approximate surface area is 189 Å². The molecule has 0 radical (unpaired) electrons. The van der Waals surface area contributed by atoms with Crippen LogP contribution in [0.25, 0.3) is 0 Å². The number of methoxy groups -OCH3 is 4. The van der Waals surface area contributed by atoms with Crippen LogP contribution < -0.4 is 28.7 Å². The molecule has 1 atom stereocenters. The number of carbonyl (C=O) groups excluding carboxylic acids is 1. The number of hydrogen-bond donors (Lipinski definition) is 0. The lowest BCUT2D eigenvalue weighted by Gasteiger charge is -2.32. The highest BCUT2D eigenvalue weighted by molar-refractivity contribution is 7.10. The van der Waals surface area contributed by atoms with Crippen LogP contribution in [0.1, 0.15) is 22.8 Å². The van der Waals surface area contributed by atoms with Crippen molar-refractivity contribution in [1.82, 2.24) is 4.57 Å². The number of aromatic nitrogens is 1. The van der Waals surface area contributed by atoms with Gasteiger partial charge in [-0.3, -0.25) is 19.1 Å². The summed E-state index contributed by atoms with van der Waals surface area (Å²) in [5.74, 6) is 2.20. The van der Waals surface area contributed by atoms with Crippen LogP contribution in [0.2, 0.25) is 0 Å². The van der Waals surface area contributed by atoms with Crippen LogP contribution in [0.3, 0.4) is 0 Å². The highest BCUT2D eigenvalue weighted by atomic mass is 32.1. The average molecular weight is 457 g/mol. The first-order valence-corrected chi connectivity index (χ1v) is 10.7. The van der Waals surface area contributed by atoms with Gasteiger partial charge >= 0.3 is 4.87 Å². The molecule has 2 heterocycles. The number of nitrogens with zero attached hydrogens (tertiary/aromatic N) is 2. The maximum absolute atomic E-state index is 13.4. The van der Waals surface area contributed by atoms with E-state index in [1.54, 1.807) is 39.3 Å². The summed E-state index contributed by atoms with van der Waals surface area (Å²) < 4.78 is 23.2. The fourth-order valence-electron chi connectivity index (χ4n) is 4.01. The van der Waals surface area contributed by atoms with Gasteiger partial charge in [0, 0.05) is 25.5 Å². The van der Waals surface area contributed by atoms with Crippen molar-refractivity contribution in [3.05, 3.63) is 56.5 Å². The number of anilines is 2. The molecule has 1 aliphatic heterocycles. The molecular weight excluding hydrogens is 432 g/mol. The molecule has 0 fully saturated rings. The zero-order valence-electron chi connectivity index (χ0n) is 18.5. The van der Waals surface area contributed by atoms with Crippen molar-refractivity contribution in [1.29, 1.82) is 0 Å². The fourth-order valence-corrected chi connectivity index (χ4v) is 5.10. The number of amides is 1. The molecule has 8 nitrogen and oxygen atoms in total. The van der Waals surface area contributed by atoms with E-state index in [1.807, 2.05) is 30.3 Å². The molecule has 168 valence electrons. The van der Waals surface area contributed by atoms with Crippen molar-refractivity contribution in [2.75, 3.05) is 33.3 Å². The van der Waals surface area contributed by atoms with E-state index in [0.29, 0.717) is 34.5 Å². The molecule has 9 heteroatoms. The first kappa shape index (κ1) is 21.8. The van der Waals surface area contributed by atoms with Gasteiger partial charge in [-0.1, -0.05) is 17.4 Å². The molecule has 32 heavy (non-hydrogen) atoms. The van der Waals surface area contributed by atoms with Crippen LogP contribution in [0.15, 0.2) is 41.2 Å². The van der Waals surface area contributed by atoms with Gasteiger partial charge in [-0.25, -0.2) is 0 Å². The minimum Gasteiger partial charge on any atom is -0.497 e. The molecule has 1 unspecified atom stereocenters. The second-order valence-electron chi connectivity index (χ2n) is 7.26. The summed E-state index contributed by atoms with van der Waals surface area (Å²) in [7, 11) is 7.88. The Morgan fingerprint density at radius 3 is 2.22 bits per heavy atom. The van der Waals surface area contributed by atoms with Gasteiger partial charge in [0.2, 0.25) is 11.7 Å². The van der Waals surface area contributed by atoms with E-state index in [4.69, 9.17) is 18.9 Å². The van der Waals surface area contributed by atoms with E-state index in [9.17, 15) is 9.59 Å². The van der Waals surface area contributed by atoms with Crippen LogP contribution in [0.4, 0.5) is 11.5 Å². The van der Waals surface area contributed by atoms with E-state index in [0.717, 1.165) is 21.8 Å². The third-order valence-electron chi connectivity index (χ3n) is 5.57. The first-order chi connectivity index (χ1) is 15.4. The van der Waals surface area contributed by atoms with E-state index in [-0.39, 0.29) is 23.1 Å². The zero-order valence-corrected chi connectivity index (χ0v) is 19.3. The van der Waals surface area contributed by atoms with E-state index < -0.39 is 0 Å². The molecule has 1 aromatic heterocycles. The van der Waals surface area contributed by atoms with Crippen molar-refractivity contribution in [3.8, 4) is 23.0 Å². The Balaban J connectivity index is 1.89. The lowest BCUT2D eigenvalue weighted by molar-refractivity contribution is -0.118. The second kappa shape index (κ2) is 8.58. The lowest BCUT2D eigenvalue weighted by atomic mass is 9.90. The van der Waals surface area contributed by atoms with Gasteiger partial charge in [0.25, 0.3) is 0 Å². The molecule has 0 N–H and O–H groups in total. The first-order valence-electron chi connectivity index (χ1n) is 9.90. The van der Waals surface area contributed by atoms with E-state index in [2.05, 4.69) is 0 Å². The molecule has 2 aromatic carbocycles. The second-order valence-corrected chi connectivity index (χ2v) is 8.25. The summed E-state index contributed by atoms with van der Waals surface area (Å²) in [6.07, 6.45) is 0.183. The smallest absolute Gasteiger partial charge is 0.308 e. The van der Waals surface area contributed by atoms with Gasteiger partial charge in [0.05, 0.1) is 39.0 Å². The summed E-state index contributed by atoms with van der Waals surface area (Å²) in [6.45, 7) is 0. The molecule has 1 amide bonds. The third-order valence-corrected chi connectivity index (χ3v) is 6.70. The van der Waals surface area contributed by atoms with Crippen molar-refractivity contribution in [2.24, 2.45) is 7.05 Å². The Morgan fingerprint density at radius 1 is 0.938 bits per heavy atom. The third kappa shape index (κ3) is 3.48. The molecule has 0 aliphatic carbocycles. The van der Waals surface area contributed by atoms with Gasteiger partial charge in [0.15, 0.2) is 11.5 Å². The predicted octanol–water partition coefficient (Wildman–Crippen LogP) is 3.68. The van der Waals surface area contributed by atoms with E-state index >= 15 is 0 Å². The van der Waals surface area contributed by atoms with Gasteiger partial charge in [-0.15, -0.1) is 0 Å². The summed E-state index contributed by atoms with van der Waals surface area (Å²) in [5, 5.41) is 0. The summed E-state index contributed by atoms with van der Waals surface area (Å²) in [6, 6.07) is 10.9. The van der Waals surface area contributed by atoms with Crippen LogP contribution in [0.5, 0.6) is 23.0 Å². The average Bonchev–Trinajstić information content (AvgIpc) is 3.11. The van der Waals surface area contributed by atoms with Gasteiger partial charge in [-0.2, -0.15) is 0 Å². The van der Waals surface area contributed by atoms with Gasteiger partial charge < -0.3 is 18.9 Å². The zero-order chi connectivity index (χ0) is 23.0. The highest BCUT2D eigenvalue weighted by Crippen LogP contribution is 2.48. The maximum atomic E-state index is 13.4. The monoisotopic (exact) mass is 456 g/mol. The molecule has 4 rings (SSSR count). The van der Waals surface area contributed by atoms with Gasteiger partial charge in [0.1, 0.15) is 11.6 Å². The Kier molecular flexibility index (Phi) is 5.84. The van der Waals surface area contributed by atoms with Gasteiger partial charge in [-0.05, 0) is 29.8 Å². The molecule has 0 bridgehead atoms. The van der Waals surface area contributed by atoms with Crippen molar-refractivity contribution in [3.63, 3.8) is 0 Å². The fraction of sp³-hybridized carbons (Fsp3) is 0.304. The van der Waals surface area contributed by atoms with Crippen LogP contribution in [0, 0.1) is 0 Å². The molecule has 1 aliphatic rings. The topological polar surface area (TPSA) is 79.2 Å². The Hall–Kier alpha value is -3.46. The van der Waals surface area contributed by atoms with Crippen LogP contribution in [-0.2, 0) is 11.8 Å². The number of carbonyl (C=O) groups is 1. The van der Waals surface area contributed by atoms with Crippen LogP contribution in [-0.4, -0.2) is 38.9 Å². The van der Waals surface area contributed by atoms with Crippen LogP contribution >= 0.6 is 11.3 Å². The maximum Gasteiger partial charge on any atom is 0.308 e. The Bertz CT molecular complexity index is 1210. The SMILES string of the molecule is COc1cccc(N2C(=O)CC(c3cc(OC)c(OC)c(OC)c3)c3sc(=O)n(C)c32)c1. The molecule has 0 spiro atoms. The lowest BCUT2D eigenvalue weighted by Crippen LogP contribution is -2.34. The molecule has 0 saturated heterocycles. The van der Waals surface area contributed by atoms with Crippen molar-refractivity contribution < 1.29 is 23.7 Å². The summed E-state index contributed by atoms with van der Waals surface area (Å²) >= 11 is 1.14. The predicted molar refractivity (Wildman–Crippen MR) is 122 cm³/mol. The van der Waals surface area contributed by atoms with Crippen molar-refractivity contribution >= 4 is 28.7 Å². The number of hydrogen-bond acceptors (Lipinski definition) is 7. The van der Waals surface area contributed by atoms with Crippen molar-refractivity contribution in [2.45, 2.75) is 12.3 Å². The number of rotatable bonds is 6. The quantitative estimate of drug-likeness (QED) is 0.563.